The van der Waals surface area contributed by atoms with Crippen molar-refractivity contribution in [3.8, 4) is 0 Å². The summed E-state index contributed by atoms with van der Waals surface area (Å²) in [6.07, 6.45) is 0.245. The maximum Gasteiger partial charge on any atom is 0.269 e. The molecule has 0 saturated carbocycles. The van der Waals surface area contributed by atoms with Gasteiger partial charge in [0.05, 0.1) is 10.8 Å². The Morgan fingerprint density at radius 2 is 1.71 bits per heavy atom. The van der Waals surface area contributed by atoms with Crippen molar-refractivity contribution in [1.29, 1.82) is 0 Å². The van der Waals surface area contributed by atoms with Crippen LogP contribution in [-0.2, 0) is 9.59 Å². The number of non-ortho nitro benzene ring substituents is 1. The van der Waals surface area contributed by atoms with E-state index in [1.54, 1.807) is 17.0 Å². The Bertz CT molecular complexity index is 1010. The molecule has 8 nitrogen and oxygen atoms in total. The third kappa shape index (κ3) is 4.10. The van der Waals surface area contributed by atoms with Gasteiger partial charge in [-0.1, -0.05) is 12.1 Å². The first kappa shape index (κ1) is 20.8. The van der Waals surface area contributed by atoms with Gasteiger partial charge < -0.3 is 14.7 Å². The maximum atomic E-state index is 13.1. The van der Waals surface area contributed by atoms with E-state index in [0.29, 0.717) is 32.7 Å². The molecule has 0 spiro atoms. The number of nitrogens with zero attached hydrogens (tertiary/aromatic N) is 4. The van der Waals surface area contributed by atoms with Gasteiger partial charge in [0.15, 0.2) is 0 Å². The van der Waals surface area contributed by atoms with Crippen molar-refractivity contribution in [1.82, 2.24) is 4.90 Å². The fourth-order valence-corrected chi connectivity index (χ4v) is 4.36. The van der Waals surface area contributed by atoms with Crippen molar-refractivity contribution in [3.05, 3.63) is 63.7 Å². The highest BCUT2D eigenvalue weighted by molar-refractivity contribution is 6.01. The van der Waals surface area contributed by atoms with Gasteiger partial charge in [-0.05, 0) is 43.2 Å². The lowest BCUT2D eigenvalue weighted by atomic mass is 10.1. The SMILES string of the molecule is Cc1cccc(N2C[C@@H](C(=O)N3CCN(c4ccc([N+](=O)[O-])cc4)CC3)CC2=O)c1C. The van der Waals surface area contributed by atoms with Gasteiger partial charge >= 0.3 is 0 Å². The lowest BCUT2D eigenvalue weighted by molar-refractivity contribution is -0.384. The first-order valence-corrected chi connectivity index (χ1v) is 10.5. The number of nitro benzene ring substituents is 1. The number of carbonyl (C=O) groups excluding carboxylic acids is 2. The van der Waals surface area contributed by atoms with Crippen LogP contribution in [0.2, 0.25) is 0 Å². The molecule has 8 heteroatoms. The molecule has 2 aromatic carbocycles. The minimum absolute atomic E-state index is 0.00318. The van der Waals surface area contributed by atoms with E-state index in [9.17, 15) is 19.7 Å². The summed E-state index contributed by atoms with van der Waals surface area (Å²) in [5, 5.41) is 10.8. The second kappa shape index (κ2) is 8.37. The van der Waals surface area contributed by atoms with Crippen molar-refractivity contribution in [3.63, 3.8) is 0 Å². The molecule has 0 aliphatic carbocycles. The molecule has 2 aliphatic heterocycles. The van der Waals surface area contributed by atoms with E-state index in [-0.39, 0.29) is 29.8 Å². The molecule has 2 fully saturated rings. The van der Waals surface area contributed by atoms with Crippen molar-refractivity contribution >= 4 is 28.9 Å². The van der Waals surface area contributed by atoms with Crippen molar-refractivity contribution in [2.75, 3.05) is 42.5 Å². The van der Waals surface area contributed by atoms with Gasteiger partial charge in [-0.15, -0.1) is 0 Å². The Balaban J connectivity index is 1.37. The number of hydrogen-bond donors (Lipinski definition) is 0. The van der Waals surface area contributed by atoms with E-state index in [0.717, 1.165) is 22.5 Å². The monoisotopic (exact) mass is 422 g/mol. The van der Waals surface area contributed by atoms with Crippen LogP contribution >= 0.6 is 0 Å². The van der Waals surface area contributed by atoms with E-state index >= 15 is 0 Å². The number of piperazine rings is 1. The summed E-state index contributed by atoms with van der Waals surface area (Å²) in [4.78, 5) is 41.9. The van der Waals surface area contributed by atoms with Crippen LogP contribution in [0.3, 0.4) is 0 Å². The smallest absolute Gasteiger partial charge is 0.269 e. The Morgan fingerprint density at radius 3 is 2.35 bits per heavy atom. The average molecular weight is 422 g/mol. The molecule has 162 valence electrons. The number of nitro groups is 1. The van der Waals surface area contributed by atoms with Crippen LogP contribution in [0.4, 0.5) is 17.1 Å². The molecule has 2 saturated heterocycles. The number of aryl methyl sites for hydroxylation is 1. The Kier molecular flexibility index (Phi) is 5.63. The fourth-order valence-electron chi connectivity index (χ4n) is 4.36. The predicted molar refractivity (Wildman–Crippen MR) is 118 cm³/mol. The van der Waals surface area contributed by atoms with Crippen LogP contribution in [-0.4, -0.2) is 54.4 Å². The van der Waals surface area contributed by atoms with Crippen LogP contribution in [0, 0.1) is 29.9 Å². The lowest BCUT2D eigenvalue weighted by Crippen LogP contribution is -2.50. The maximum absolute atomic E-state index is 13.1. The summed E-state index contributed by atoms with van der Waals surface area (Å²) < 4.78 is 0. The molecule has 0 N–H and O–H groups in total. The Hall–Kier alpha value is -3.42. The van der Waals surface area contributed by atoms with Crippen molar-refractivity contribution in [2.45, 2.75) is 20.3 Å². The summed E-state index contributed by atoms with van der Waals surface area (Å²) in [7, 11) is 0. The number of hydrogen-bond acceptors (Lipinski definition) is 5. The van der Waals surface area contributed by atoms with E-state index in [1.807, 2.05) is 36.9 Å². The molecule has 2 heterocycles. The molecule has 4 rings (SSSR count). The third-order valence-corrected chi connectivity index (χ3v) is 6.36. The molecular weight excluding hydrogens is 396 g/mol. The molecule has 0 bridgehead atoms. The number of rotatable bonds is 4. The van der Waals surface area contributed by atoms with Crippen LogP contribution in [0.15, 0.2) is 42.5 Å². The molecule has 0 radical (unpaired) electrons. The Morgan fingerprint density at radius 1 is 1.03 bits per heavy atom. The van der Waals surface area contributed by atoms with Crippen molar-refractivity contribution < 1.29 is 14.5 Å². The molecule has 2 aromatic rings. The van der Waals surface area contributed by atoms with E-state index in [2.05, 4.69) is 4.90 Å². The molecule has 2 aliphatic rings. The fraction of sp³-hybridized carbons (Fsp3) is 0.391. The van der Waals surface area contributed by atoms with Gasteiger partial charge in [-0.3, -0.25) is 19.7 Å². The van der Waals surface area contributed by atoms with E-state index < -0.39 is 4.92 Å². The summed E-state index contributed by atoms with van der Waals surface area (Å²) in [5.41, 5.74) is 4.07. The highest BCUT2D eigenvalue weighted by Crippen LogP contribution is 2.30. The van der Waals surface area contributed by atoms with E-state index in [4.69, 9.17) is 0 Å². The van der Waals surface area contributed by atoms with Gasteiger partial charge in [-0.25, -0.2) is 0 Å². The van der Waals surface area contributed by atoms with Crippen LogP contribution in [0.25, 0.3) is 0 Å². The molecule has 2 amide bonds. The first-order valence-electron chi connectivity index (χ1n) is 10.5. The zero-order chi connectivity index (χ0) is 22.1. The summed E-state index contributed by atoms with van der Waals surface area (Å²) in [6, 6.07) is 12.4. The Labute approximate surface area is 181 Å². The quantitative estimate of drug-likeness (QED) is 0.559. The van der Waals surface area contributed by atoms with Gasteiger partial charge in [0, 0.05) is 62.7 Å². The normalized spacial score (nSPS) is 19.1. The molecule has 31 heavy (non-hydrogen) atoms. The largest absolute Gasteiger partial charge is 0.368 e. The second-order valence-corrected chi connectivity index (χ2v) is 8.21. The zero-order valence-electron chi connectivity index (χ0n) is 17.8. The first-order chi connectivity index (χ1) is 14.8. The van der Waals surface area contributed by atoms with Crippen LogP contribution in [0.5, 0.6) is 0 Å². The third-order valence-electron chi connectivity index (χ3n) is 6.36. The number of benzene rings is 2. The van der Waals surface area contributed by atoms with Gasteiger partial charge in [0.1, 0.15) is 0 Å². The summed E-state index contributed by atoms with van der Waals surface area (Å²) in [6.45, 7) is 6.91. The average Bonchev–Trinajstić information content (AvgIpc) is 3.16. The minimum Gasteiger partial charge on any atom is -0.368 e. The topological polar surface area (TPSA) is 87.0 Å². The van der Waals surface area contributed by atoms with Crippen molar-refractivity contribution in [2.24, 2.45) is 5.92 Å². The van der Waals surface area contributed by atoms with Gasteiger partial charge in [0.25, 0.3) is 5.69 Å². The molecular formula is C23H26N4O4. The minimum atomic E-state index is -0.412. The number of amides is 2. The lowest BCUT2D eigenvalue weighted by Gasteiger charge is -2.37. The number of carbonyl (C=O) groups is 2. The zero-order valence-corrected chi connectivity index (χ0v) is 17.8. The highest BCUT2D eigenvalue weighted by Gasteiger charge is 2.38. The molecule has 1 atom stereocenters. The van der Waals surface area contributed by atoms with Crippen LogP contribution in [0.1, 0.15) is 17.5 Å². The predicted octanol–water partition coefficient (Wildman–Crippen LogP) is 2.91. The highest BCUT2D eigenvalue weighted by atomic mass is 16.6. The standard InChI is InChI=1S/C23H26N4O4/c1-16-4-3-5-21(17(16)2)26-15-18(14-22(26)28)23(29)25-12-10-24(11-13-25)19-6-8-20(9-7-19)27(30)31/h3-9,18H,10-15H2,1-2H3/t18-/m0/s1. The van der Waals surface area contributed by atoms with Gasteiger partial charge in [0.2, 0.25) is 11.8 Å². The molecule has 0 unspecified atom stereocenters. The molecule has 0 aromatic heterocycles. The summed E-state index contributed by atoms with van der Waals surface area (Å²) >= 11 is 0. The second-order valence-electron chi connectivity index (χ2n) is 8.21. The summed E-state index contributed by atoms with van der Waals surface area (Å²) in [5.74, 6) is -0.292. The van der Waals surface area contributed by atoms with Crippen LogP contribution < -0.4 is 9.80 Å². The number of anilines is 2. The van der Waals surface area contributed by atoms with E-state index in [1.165, 1.54) is 12.1 Å². The van der Waals surface area contributed by atoms with Gasteiger partial charge in [-0.2, -0.15) is 0 Å².